The van der Waals surface area contributed by atoms with Crippen LogP contribution in [0.3, 0.4) is 0 Å². The van der Waals surface area contributed by atoms with Crippen LogP contribution in [0.5, 0.6) is 0 Å². The highest BCUT2D eigenvalue weighted by Gasteiger charge is 2.28. The van der Waals surface area contributed by atoms with Crippen LogP contribution in [0.2, 0.25) is 0 Å². The molecule has 0 saturated heterocycles. The number of carbonyl (C=O) groups is 1. The number of esters is 1. The van der Waals surface area contributed by atoms with Crippen LogP contribution >= 0.6 is 0 Å². The average Bonchev–Trinajstić information content (AvgIpc) is 2.33. The standard InChI is InChI=1S/C15H23NO2/c1-15(2,3)13(16)14(17)18-11-7-10-12-8-5-4-6-9-12/h4-6,8-9,13H,7,10-11,16H2,1-3H3/t13-/m1/s1. The molecular weight excluding hydrogens is 226 g/mol. The second kappa shape index (κ2) is 6.55. The molecule has 1 aromatic rings. The Balaban J connectivity index is 2.24. The summed E-state index contributed by atoms with van der Waals surface area (Å²) in [5.74, 6) is -0.310. The molecule has 18 heavy (non-hydrogen) atoms. The van der Waals surface area contributed by atoms with Crippen molar-refractivity contribution in [2.75, 3.05) is 6.61 Å². The Morgan fingerprint density at radius 3 is 2.44 bits per heavy atom. The van der Waals surface area contributed by atoms with E-state index in [2.05, 4.69) is 12.1 Å². The van der Waals surface area contributed by atoms with Crippen molar-refractivity contribution in [1.29, 1.82) is 0 Å². The van der Waals surface area contributed by atoms with Gasteiger partial charge in [-0.15, -0.1) is 0 Å². The molecule has 0 radical (unpaired) electrons. The highest BCUT2D eigenvalue weighted by atomic mass is 16.5. The van der Waals surface area contributed by atoms with Crippen LogP contribution in [0.15, 0.2) is 30.3 Å². The summed E-state index contributed by atoms with van der Waals surface area (Å²) < 4.78 is 5.19. The minimum absolute atomic E-state index is 0.253. The molecule has 0 aliphatic rings. The molecule has 0 unspecified atom stereocenters. The van der Waals surface area contributed by atoms with E-state index in [1.807, 2.05) is 39.0 Å². The minimum atomic E-state index is -0.561. The Morgan fingerprint density at radius 2 is 1.89 bits per heavy atom. The van der Waals surface area contributed by atoms with Crippen molar-refractivity contribution < 1.29 is 9.53 Å². The van der Waals surface area contributed by atoms with Gasteiger partial charge in [-0.05, 0) is 23.8 Å². The van der Waals surface area contributed by atoms with Crippen molar-refractivity contribution in [2.45, 2.75) is 39.7 Å². The zero-order chi connectivity index (χ0) is 13.6. The maximum Gasteiger partial charge on any atom is 0.323 e. The Bertz CT molecular complexity index is 368. The molecular formula is C15H23NO2. The zero-order valence-electron chi connectivity index (χ0n) is 11.5. The highest BCUT2D eigenvalue weighted by molar-refractivity contribution is 5.76. The Labute approximate surface area is 109 Å². The van der Waals surface area contributed by atoms with Gasteiger partial charge in [0.05, 0.1) is 6.61 Å². The fourth-order valence-corrected chi connectivity index (χ4v) is 1.54. The number of aryl methyl sites for hydroxylation is 1. The van der Waals surface area contributed by atoms with Crippen LogP contribution in [-0.2, 0) is 16.0 Å². The first-order chi connectivity index (χ1) is 8.41. The van der Waals surface area contributed by atoms with Crippen LogP contribution in [0.4, 0.5) is 0 Å². The van der Waals surface area contributed by atoms with Gasteiger partial charge in [0.2, 0.25) is 0 Å². The molecule has 100 valence electrons. The van der Waals surface area contributed by atoms with E-state index < -0.39 is 6.04 Å². The Hall–Kier alpha value is -1.35. The summed E-state index contributed by atoms with van der Waals surface area (Å²) in [5, 5.41) is 0. The van der Waals surface area contributed by atoms with Crippen molar-refractivity contribution in [1.82, 2.24) is 0 Å². The first kappa shape index (κ1) is 14.7. The third-order valence-electron chi connectivity index (χ3n) is 2.88. The van der Waals surface area contributed by atoms with Gasteiger partial charge in [-0.2, -0.15) is 0 Å². The van der Waals surface area contributed by atoms with Crippen molar-refractivity contribution >= 4 is 5.97 Å². The van der Waals surface area contributed by atoms with E-state index in [0.29, 0.717) is 6.61 Å². The summed E-state index contributed by atoms with van der Waals surface area (Å²) >= 11 is 0. The van der Waals surface area contributed by atoms with Crippen molar-refractivity contribution in [2.24, 2.45) is 11.1 Å². The molecule has 3 nitrogen and oxygen atoms in total. The van der Waals surface area contributed by atoms with Crippen molar-refractivity contribution in [3.63, 3.8) is 0 Å². The second-order valence-electron chi connectivity index (χ2n) is 5.60. The number of benzene rings is 1. The molecule has 0 heterocycles. The normalized spacial score (nSPS) is 13.1. The topological polar surface area (TPSA) is 52.3 Å². The quantitative estimate of drug-likeness (QED) is 0.644. The maximum absolute atomic E-state index is 11.7. The van der Waals surface area contributed by atoms with Gasteiger partial charge in [0, 0.05) is 0 Å². The van der Waals surface area contributed by atoms with Gasteiger partial charge < -0.3 is 10.5 Å². The summed E-state index contributed by atoms with van der Waals surface area (Å²) in [6.07, 6.45) is 1.74. The molecule has 1 atom stereocenters. The van der Waals surface area contributed by atoms with Crippen molar-refractivity contribution in [3.05, 3.63) is 35.9 Å². The van der Waals surface area contributed by atoms with Crippen LogP contribution in [-0.4, -0.2) is 18.6 Å². The van der Waals surface area contributed by atoms with Gasteiger partial charge in [0.15, 0.2) is 0 Å². The predicted octanol–water partition coefficient (Wildman–Crippen LogP) is 2.54. The molecule has 1 aromatic carbocycles. The summed E-state index contributed by atoms with van der Waals surface area (Å²) in [5.41, 5.74) is 6.82. The molecule has 2 N–H and O–H groups in total. The second-order valence-corrected chi connectivity index (χ2v) is 5.60. The van der Waals surface area contributed by atoms with Crippen LogP contribution in [0.1, 0.15) is 32.8 Å². The van der Waals surface area contributed by atoms with Gasteiger partial charge in [-0.1, -0.05) is 51.1 Å². The van der Waals surface area contributed by atoms with E-state index in [4.69, 9.17) is 10.5 Å². The Morgan fingerprint density at radius 1 is 1.28 bits per heavy atom. The smallest absolute Gasteiger partial charge is 0.323 e. The number of rotatable bonds is 5. The fraction of sp³-hybridized carbons (Fsp3) is 0.533. The lowest BCUT2D eigenvalue weighted by molar-refractivity contribution is -0.147. The highest BCUT2D eigenvalue weighted by Crippen LogP contribution is 2.18. The molecule has 0 fully saturated rings. The third-order valence-corrected chi connectivity index (χ3v) is 2.88. The molecule has 0 aromatic heterocycles. The van der Waals surface area contributed by atoms with E-state index in [0.717, 1.165) is 12.8 Å². The summed E-state index contributed by atoms with van der Waals surface area (Å²) in [7, 11) is 0. The molecule has 0 aliphatic heterocycles. The lowest BCUT2D eigenvalue weighted by atomic mass is 9.87. The summed E-state index contributed by atoms with van der Waals surface area (Å²) in [6.45, 7) is 6.23. The lowest BCUT2D eigenvalue weighted by Crippen LogP contribution is -2.43. The van der Waals surface area contributed by atoms with Crippen LogP contribution in [0, 0.1) is 5.41 Å². The molecule has 0 spiro atoms. The number of nitrogens with two attached hydrogens (primary N) is 1. The minimum Gasteiger partial charge on any atom is -0.465 e. The van der Waals surface area contributed by atoms with Gasteiger partial charge in [-0.3, -0.25) is 4.79 Å². The van der Waals surface area contributed by atoms with Crippen molar-refractivity contribution in [3.8, 4) is 0 Å². The summed E-state index contributed by atoms with van der Waals surface area (Å²) in [4.78, 5) is 11.7. The average molecular weight is 249 g/mol. The molecule has 0 bridgehead atoms. The molecule has 1 rings (SSSR count). The number of carbonyl (C=O) groups excluding carboxylic acids is 1. The number of hydrogen-bond acceptors (Lipinski definition) is 3. The lowest BCUT2D eigenvalue weighted by Gasteiger charge is -2.24. The van der Waals surface area contributed by atoms with E-state index in [1.165, 1.54) is 5.56 Å². The third kappa shape index (κ3) is 4.88. The van der Waals surface area contributed by atoms with Gasteiger partial charge in [0.1, 0.15) is 6.04 Å². The fourth-order valence-electron chi connectivity index (χ4n) is 1.54. The van der Waals surface area contributed by atoms with Crippen LogP contribution < -0.4 is 5.73 Å². The van der Waals surface area contributed by atoms with Gasteiger partial charge >= 0.3 is 5.97 Å². The predicted molar refractivity (Wildman–Crippen MR) is 73.2 cm³/mol. The maximum atomic E-state index is 11.7. The zero-order valence-corrected chi connectivity index (χ0v) is 11.5. The number of ether oxygens (including phenoxy) is 1. The van der Waals surface area contributed by atoms with E-state index in [9.17, 15) is 4.79 Å². The molecule has 0 aliphatic carbocycles. The van der Waals surface area contributed by atoms with E-state index in [1.54, 1.807) is 0 Å². The number of hydrogen-bond donors (Lipinski definition) is 1. The van der Waals surface area contributed by atoms with Crippen LogP contribution in [0.25, 0.3) is 0 Å². The van der Waals surface area contributed by atoms with Gasteiger partial charge in [-0.25, -0.2) is 0 Å². The molecule has 0 amide bonds. The van der Waals surface area contributed by atoms with Gasteiger partial charge in [0.25, 0.3) is 0 Å². The van der Waals surface area contributed by atoms with E-state index in [-0.39, 0.29) is 11.4 Å². The Kier molecular flexibility index (Phi) is 5.35. The first-order valence-corrected chi connectivity index (χ1v) is 6.37. The molecule has 0 saturated carbocycles. The molecule has 3 heteroatoms. The summed E-state index contributed by atoms with van der Waals surface area (Å²) in [6, 6.07) is 9.60. The first-order valence-electron chi connectivity index (χ1n) is 6.37. The monoisotopic (exact) mass is 249 g/mol. The van der Waals surface area contributed by atoms with E-state index >= 15 is 0 Å². The SMILES string of the molecule is CC(C)(C)[C@H](N)C(=O)OCCCc1ccccc1. The largest absolute Gasteiger partial charge is 0.465 e.